The molecule has 2 amide bonds. The highest BCUT2D eigenvalue weighted by molar-refractivity contribution is 5.82. The lowest BCUT2D eigenvalue weighted by atomic mass is 9.79. The minimum absolute atomic E-state index is 0.0814. The predicted octanol–water partition coefficient (Wildman–Crippen LogP) is 4.02. The van der Waals surface area contributed by atoms with Gasteiger partial charge in [0.25, 0.3) is 5.69 Å². The molecule has 1 saturated heterocycles. The van der Waals surface area contributed by atoms with Crippen molar-refractivity contribution in [3.63, 3.8) is 0 Å². The molecular formula is C29H33N5O4. The fourth-order valence-corrected chi connectivity index (χ4v) is 5.85. The van der Waals surface area contributed by atoms with E-state index in [1.807, 2.05) is 64.7 Å². The van der Waals surface area contributed by atoms with Crippen LogP contribution in [-0.2, 0) is 29.1 Å². The van der Waals surface area contributed by atoms with E-state index in [-0.39, 0.29) is 34.3 Å². The first-order chi connectivity index (χ1) is 18.3. The minimum atomic E-state index is -0.380. The smallest absolute Gasteiger partial charge is 0.269 e. The maximum absolute atomic E-state index is 13.9. The number of amides is 2. The first-order valence-corrected chi connectivity index (χ1v) is 13.2. The van der Waals surface area contributed by atoms with Crippen molar-refractivity contribution in [3.8, 4) is 0 Å². The number of aromatic nitrogens is 2. The normalized spacial score (nSPS) is 19.2. The van der Waals surface area contributed by atoms with Crippen LogP contribution in [0.4, 0.5) is 5.69 Å². The highest BCUT2D eigenvalue weighted by atomic mass is 16.6. The Labute approximate surface area is 222 Å². The number of aryl methyl sites for hydroxylation is 3. The SMILES string of the molecule is Cc1cc(C)n(CCC(=O)N2CC[C@@H](C(=O)N3CCc4cc([N+](=O)[O-])ccc4C3)[C@H](c3ccccc3)C2)n1. The van der Waals surface area contributed by atoms with Crippen molar-refractivity contribution in [2.24, 2.45) is 5.92 Å². The minimum Gasteiger partial charge on any atom is -0.342 e. The van der Waals surface area contributed by atoms with Crippen LogP contribution in [0.5, 0.6) is 0 Å². The second kappa shape index (κ2) is 10.8. The Kier molecular flexibility index (Phi) is 7.26. The van der Waals surface area contributed by atoms with E-state index in [2.05, 4.69) is 5.10 Å². The number of piperidine rings is 1. The standard InChI is InChI=1S/C29H33N5O4/c1-20-16-21(2)33(30-20)15-12-28(35)31-14-11-26(27(19-31)22-6-4-3-5-7-22)29(36)32-13-10-23-17-25(34(37)38)9-8-24(23)18-32/h3-9,16-17,26-27H,10-15,18-19H2,1-2H3/t26-,27+/m1/s1. The van der Waals surface area contributed by atoms with Gasteiger partial charge in [0.2, 0.25) is 11.8 Å². The van der Waals surface area contributed by atoms with Gasteiger partial charge in [-0.25, -0.2) is 0 Å². The topological polar surface area (TPSA) is 102 Å². The average molecular weight is 516 g/mol. The van der Waals surface area contributed by atoms with Crippen LogP contribution >= 0.6 is 0 Å². The number of nitro benzene ring substituents is 1. The van der Waals surface area contributed by atoms with E-state index >= 15 is 0 Å². The zero-order chi connectivity index (χ0) is 26.8. The fraction of sp³-hybridized carbons (Fsp3) is 0.414. The highest BCUT2D eigenvalue weighted by Crippen LogP contribution is 2.35. The number of carbonyl (C=O) groups is 2. The van der Waals surface area contributed by atoms with Crippen molar-refractivity contribution < 1.29 is 14.5 Å². The van der Waals surface area contributed by atoms with E-state index in [4.69, 9.17) is 0 Å². The summed E-state index contributed by atoms with van der Waals surface area (Å²) in [6.45, 7) is 6.53. The van der Waals surface area contributed by atoms with Gasteiger partial charge in [0.15, 0.2) is 0 Å². The molecule has 0 N–H and O–H groups in total. The van der Waals surface area contributed by atoms with Crippen LogP contribution in [0.25, 0.3) is 0 Å². The van der Waals surface area contributed by atoms with Gasteiger partial charge in [-0.2, -0.15) is 5.10 Å². The van der Waals surface area contributed by atoms with Gasteiger partial charge in [-0.1, -0.05) is 36.4 Å². The van der Waals surface area contributed by atoms with E-state index < -0.39 is 0 Å². The third-order valence-corrected chi connectivity index (χ3v) is 7.88. The molecule has 0 saturated carbocycles. The molecule has 0 spiro atoms. The molecule has 0 unspecified atom stereocenters. The maximum atomic E-state index is 13.9. The Hall–Kier alpha value is -4.01. The summed E-state index contributed by atoms with van der Waals surface area (Å²) in [6.07, 6.45) is 1.58. The third kappa shape index (κ3) is 5.32. The molecule has 0 bridgehead atoms. The number of nitro groups is 1. The predicted molar refractivity (Wildman–Crippen MR) is 142 cm³/mol. The number of benzene rings is 2. The molecule has 2 aliphatic heterocycles. The molecule has 5 rings (SSSR count). The summed E-state index contributed by atoms with van der Waals surface area (Å²) in [4.78, 5) is 41.6. The van der Waals surface area contributed by atoms with Gasteiger partial charge in [0.1, 0.15) is 0 Å². The van der Waals surface area contributed by atoms with E-state index in [1.165, 1.54) is 6.07 Å². The maximum Gasteiger partial charge on any atom is 0.269 e. The molecule has 3 heterocycles. The summed E-state index contributed by atoms with van der Waals surface area (Å²) in [5.41, 5.74) is 5.03. The van der Waals surface area contributed by atoms with Gasteiger partial charge in [0, 0.05) is 68.8 Å². The summed E-state index contributed by atoms with van der Waals surface area (Å²) in [5.74, 6) is -0.138. The molecule has 9 nitrogen and oxygen atoms in total. The highest BCUT2D eigenvalue weighted by Gasteiger charge is 2.39. The van der Waals surface area contributed by atoms with Gasteiger partial charge >= 0.3 is 0 Å². The van der Waals surface area contributed by atoms with E-state index in [9.17, 15) is 19.7 Å². The summed E-state index contributed by atoms with van der Waals surface area (Å²) in [7, 11) is 0. The zero-order valence-electron chi connectivity index (χ0n) is 21.9. The van der Waals surface area contributed by atoms with Crippen molar-refractivity contribution in [1.82, 2.24) is 19.6 Å². The number of nitrogens with zero attached hydrogens (tertiary/aromatic N) is 5. The number of rotatable bonds is 6. The summed E-state index contributed by atoms with van der Waals surface area (Å²) in [5, 5.41) is 15.6. The molecule has 9 heteroatoms. The van der Waals surface area contributed by atoms with Crippen molar-refractivity contribution in [2.75, 3.05) is 19.6 Å². The second-order valence-corrected chi connectivity index (χ2v) is 10.4. The lowest BCUT2D eigenvalue weighted by Crippen LogP contribution is -2.49. The largest absolute Gasteiger partial charge is 0.342 e. The van der Waals surface area contributed by atoms with E-state index in [1.54, 1.807) is 12.1 Å². The Morgan fingerprint density at radius 2 is 1.82 bits per heavy atom. The summed E-state index contributed by atoms with van der Waals surface area (Å²) >= 11 is 0. The fourth-order valence-electron chi connectivity index (χ4n) is 5.85. The van der Waals surface area contributed by atoms with Crippen molar-refractivity contribution >= 4 is 17.5 Å². The monoisotopic (exact) mass is 515 g/mol. The molecule has 3 aromatic rings. The van der Waals surface area contributed by atoms with Crippen molar-refractivity contribution in [3.05, 3.63) is 92.8 Å². The van der Waals surface area contributed by atoms with Gasteiger partial charge in [-0.3, -0.25) is 24.4 Å². The van der Waals surface area contributed by atoms with Crippen LogP contribution in [0, 0.1) is 29.9 Å². The lowest BCUT2D eigenvalue weighted by molar-refractivity contribution is -0.384. The molecule has 1 fully saturated rings. The first-order valence-electron chi connectivity index (χ1n) is 13.2. The quantitative estimate of drug-likeness (QED) is 0.365. The van der Waals surface area contributed by atoms with E-state index in [0.717, 1.165) is 28.1 Å². The van der Waals surface area contributed by atoms with Gasteiger partial charge in [-0.05, 0) is 49.4 Å². The zero-order valence-corrected chi connectivity index (χ0v) is 21.9. The van der Waals surface area contributed by atoms with Crippen LogP contribution in [0.3, 0.4) is 0 Å². The molecule has 2 aromatic carbocycles. The third-order valence-electron chi connectivity index (χ3n) is 7.88. The number of fused-ring (bicyclic) bond motifs is 1. The van der Waals surface area contributed by atoms with E-state index in [0.29, 0.717) is 52.0 Å². The molecule has 38 heavy (non-hydrogen) atoms. The van der Waals surface area contributed by atoms with Gasteiger partial charge in [0.05, 0.1) is 10.6 Å². The number of hydrogen-bond donors (Lipinski definition) is 0. The molecule has 1 aromatic heterocycles. The Morgan fingerprint density at radius 1 is 1.03 bits per heavy atom. The van der Waals surface area contributed by atoms with Crippen LogP contribution < -0.4 is 0 Å². The van der Waals surface area contributed by atoms with Crippen molar-refractivity contribution in [1.29, 1.82) is 0 Å². The molecule has 198 valence electrons. The Balaban J connectivity index is 1.30. The molecule has 2 atom stereocenters. The number of hydrogen-bond acceptors (Lipinski definition) is 5. The number of non-ortho nitro benzene ring substituents is 1. The molecular weight excluding hydrogens is 482 g/mol. The van der Waals surface area contributed by atoms with Crippen LogP contribution in [0.2, 0.25) is 0 Å². The number of likely N-dealkylation sites (tertiary alicyclic amines) is 1. The second-order valence-electron chi connectivity index (χ2n) is 10.4. The van der Waals surface area contributed by atoms with Crippen LogP contribution in [0.15, 0.2) is 54.6 Å². The lowest BCUT2D eigenvalue weighted by Gasteiger charge is -2.41. The van der Waals surface area contributed by atoms with Crippen molar-refractivity contribution in [2.45, 2.75) is 52.1 Å². The molecule has 2 aliphatic rings. The number of carbonyl (C=O) groups excluding carboxylic acids is 2. The van der Waals surface area contributed by atoms with Crippen LogP contribution in [0.1, 0.15) is 46.8 Å². The summed E-state index contributed by atoms with van der Waals surface area (Å²) in [6, 6.07) is 16.9. The van der Waals surface area contributed by atoms with Crippen LogP contribution in [-0.4, -0.2) is 56.0 Å². The average Bonchev–Trinajstić information content (AvgIpc) is 3.27. The Morgan fingerprint density at radius 3 is 2.53 bits per heavy atom. The Bertz CT molecular complexity index is 1350. The first kappa shape index (κ1) is 25.6. The van der Waals surface area contributed by atoms with Gasteiger partial charge < -0.3 is 9.80 Å². The molecule has 0 radical (unpaired) electrons. The summed E-state index contributed by atoms with van der Waals surface area (Å²) < 4.78 is 1.88. The molecule has 0 aliphatic carbocycles. The van der Waals surface area contributed by atoms with Gasteiger partial charge in [-0.15, -0.1) is 0 Å².